The molecule has 7 unspecified atom stereocenters. The average Bonchev–Trinajstić information content (AvgIpc) is 2.93. The zero-order chi connectivity index (χ0) is 28.6. The van der Waals surface area contributed by atoms with E-state index in [2.05, 4.69) is 5.32 Å². The minimum absolute atomic E-state index is 0.0302. The summed E-state index contributed by atoms with van der Waals surface area (Å²) in [5.74, 6) is -0.102. The van der Waals surface area contributed by atoms with Crippen LogP contribution in [0.2, 0.25) is 0 Å². The Bertz CT molecular complexity index is 683. The van der Waals surface area contributed by atoms with Crippen LogP contribution >= 0.6 is 0 Å². The molecule has 2 heterocycles. The molecule has 7 N–H and O–H groups in total. The first-order valence-electron chi connectivity index (χ1n) is 14.0. The van der Waals surface area contributed by atoms with Crippen LogP contribution in [0.1, 0.15) is 70.6 Å². The van der Waals surface area contributed by atoms with E-state index in [4.69, 9.17) is 18.9 Å². The summed E-state index contributed by atoms with van der Waals surface area (Å²) in [5.41, 5.74) is 0. The van der Waals surface area contributed by atoms with Gasteiger partial charge >= 0.3 is 0 Å². The van der Waals surface area contributed by atoms with Crippen molar-refractivity contribution < 1.29 is 59.2 Å². The van der Waals surface area contributed by atoms with Crippen LogP contribution < -0.4 is 5.32 Å². The fraction of sp³-hybridized carbons (Fsp3) is 0.923. The maximum Gasteiger partial charge on any atom is 0.220 e. The Morgan fingerprint density at radius 3 is 2.13 bits per heavy atom. The molecule has 0 aromatic carbocycles. The highest BCUT2D eigenvalue weighted by Crippen LogP contribution is 2.29. The van der Waals surface area contributed by atoms with Crippen molar-refractivity contribution in [1.82, 2.24) is 5.32 Å². The Labute approximate surface area is 229 Å². The maximum absolute atomic E-state index is 12.1. The maximum atomic E-state index is 12.1. The number of unbranched alkanes of at least 4 members (excludes halogenated alkanes) is 8. The van der Waals surface area contributed by atoms with Gasteiger partial charge in [0.1, 0.15) is 36.8 Å². The van der Waals surface area contributed by atoms with Crippen molar-refractivity contribution in [2.75, 3.05) is 26.4 Å². The zero-order valence-electron chi connectivity index (χ0n) is 22.5. The number of rotatable bonds is 19. The predicted molar refractivity (Wildman–Crippen MR) is 136 cm³/mol. The summed E-state index contributed by atoms with van der Waals surface area (Å²) in [6, 6.07) is 0. The lowest BCUT2D eigenvalue weighted by atomic mass is 9.98. The Morgan fingerprint density at radius 2 is 1.49 bits per heavy atom. The third-order valence-electron chi connectivity index (χ3n) is 7.02. The molecule has 0 bridgehead atoms. The highest BCUT2D eigenvalue weighted by atomic mass is 16.7. The summed E-state index contributed by atoms with van der Waals surface area (Å²) in [5, 5.41) is 62.5. The number of aliphatic hydroxyl groups is 6. The smallest absolute Gasteiger partial charge is 0.220 e. The van der Waals surface area contributed by atoms with E-state index in [-0.39, 0.29) is 25.5 Å². The molecule has 0 aliphatic carbocycles. The summed E-state index contributed by atoms with van der Waals surface area (Å²) in [6.45, 7) is -0.795. The molecule has 2 aliphatic heterocycles. The van der Waals surface area contributed by atoms with E-state index in [1.807, 2.05) is 0 Å². The van der Waals surface area contributed by atoms with Gasteiger partial charge in [-0.2, -0.15) is 0 Å². The van der Waals surface area contributed by atoms with Crippen molar-refractivity contribution >= 4 is 12.2 Å². The van der Waals surface area contributed by atoms with E-state index in [0.29, 0.717) is 12.8 Å². The normalized spacial score (nSPS) is 33.1. The van der Waals surface area contributed by atoms with Crippen molar-refractivity contribution in [3.05, 3.63) is 0 Å². The fourth-order valence-electron chi connectivity index (χ4n) is 4.67. The lowest BCUT2D eigenvalue weighted by molar-refractivity contribution is -0.342. The summed E-state index contributed by atoms with van der Waals surface area (Å²) in [6.07, 6.45) is -1.45. The largest absolute Gasteiger partial charge is 0.394 e. The molecular formula is C26H47NO12. The van der Waals surface area contributed by atoms with Crippen molar-refractivity contribution in [3.8, 4) is 0 Å². The number of amides is 1. The van der Waals surface area contributed by atoms with E-state index in [1.165, 1.54) is 0 Å². The predicted octanol–water partition coefficient (Wildman–Crippen LogP) is -1.13. The monoisotopic (exact) mass is 565 g/mol. The van der Waals surface area contributed by atoms with E-state index >= 15 is 0 Å². The van der Waals surface area contributed by atoms with Gasteiger partial charge in [-0.1, -0.05) is 38.5 Å². The SMILES string of the molecule is O=CCCCCCCCCCCC(=O)NCCOC1OC(CO)CC(O[C@H]2OC(CO)[C@@H](O)C(O)C2O)C1O. The molecule has 0 radical (unpaired) electrons. The van der Waals surface area contributed by atoms with Crippen molar-refractivity contribution in [2.45, 2.75) is 126 Å². The van der Waals surface area contributed by atoms with Crippen LogP contribution in [0.3, 0.4) is 0 Å². The van der Waals surface area contributed by atoms with Gasteiger partial charge in [0.05, 0.1) is 32.0 Å². The average molecular weight is 566 g/mol. The Hall–Kier alpha value is -1.26. The Morgan fingerprint density at radius 1 is 0.821 bits per heavy atom. The number of hydrogen-bond acceptors (Lipinski definition) is 12. The van der Waals surface area contributed by atoms with Crippen LogP contribution in [0, 0.1) is 0 Å². The topological polar surface area (TPSA) is 204 Å². The molecule has 228 valence electrons. The second-order valence-corrected chi connectivity index (χ2v) is 10.2. The first kappa shape index (κ1) is 33.9. The molecular weight excluding hydrogens is 518 g/mol. The number of carbonyl (C=O) groups excluding carboxylic acids is 2. The van der Waals surface area contributed by atoms with Gasteiger partial charge in [0.15, 0.2) is 12.6 Å². The summed E-state index contributed by atoms with van der Waals surface area (Å²) >= 11 is 0. The van der Waals surface area contributed by atoms with Crippen molar-refractivity contribution in [2.24, 2.45) is 0 Å². The van der Waals surface area contributed by atoms with Gasteiger partial charge in [0.2, 0.25) is 5.91 Å². The van der Waals surface area contributed by atoms with Gasteiger partial charge < -0.3 is 59.7 Å². The summed E-state index contributed by atoms with van der Waals surface area (Å²) in [4.78, 5) is 22.4. The first-order chi connectivity index (χ1) is 18.8. The molecule has 2 aliphatic rings. The molecule has 13 nitrogen and oxygen atoms in total. The molecule has 1 amide bonds. The van der Waals surface area contributed by atoms with Gasteiger partial charge in [-0.3, -0.25) is 4.79 Å². The molecule has 39 heavy (non-hydrogen) atoms. The van der Waals surface area contributed by atoms with Gasteiger partial charge in [-0.25, -0.2) is 0 Å². The summed E-state index contributed by atoms with van der Waals surface area (Å²) < 4.78 is 22.1. The number of ether oxygens (including phenoxy) is 4. The number of hydrogen-bond donors (Lipinski definition) is 7. The van der Waals surface area contributed by atoms with Crippen molar-refractivity contribution in [3.63, 3.8) is 0 Å². The highest BCUT2D eigenvalue weighted by molar-refractivity contribution is 5.75. The van der Waals surface area contributed by atoms with Gasteiger partial charge in [-0.05, 0) is 12.8 Å². The van der Waals surface area contributed by atoms with Crippen molar-refractivity contribution in [1.29, 1.82) is 0 Å². The second-order valence-electron chi connectivity index (χ2n) is 10.2. The molecule has 9 atom stereocenters. The third kappa shape index (κ3) is 11.6. The van der Waals surface area contributed by atoms with Crippen LogP contribution in [0.5, 0.6) is 0 Å². The van der Waals surface area contributed by atoms with Crippen LogP contribution in [0.4, 0.5) is 0 Å². The molecule has 2 saturated heterocycles. The zero-order valence-corrected chi connectivity index (χ0v) is 22.5. The molecule has 0 aromatic heterocycles. The minimum atomic E-state index is -1.64. The van der Waals surface area contributed by atoms with Gasteiger partial charge in [0, 0.05) is 25.8 Å². The lowest BCUT2D eigenvalue weighted by Gasteiger charge is -2.44. The number of aldehydes is 1. The van der Waals surface area contributed by atoms with E-state index in [1.54, 1.807) is 0 Å². The van der Waals surface area contributed by atoms with E-state index < -0.39 is 68.5 Å². The van der Waals surface area contributed by atoms with Gasteiger partial charge in [-0.15, -0.1) is 0 Å². The van der Waals surface area contributed by atoms with Crippen LogP contribution in [0.15, 0.2) is 0 Å². The molecule has 0 aromatic rings. The summed E-state index contributed by atoms with van der Waals surface area (Å²) in [7, 11) is 0. The Kier molecular flexibility index (Phi) is 16.5. The number of aliphatic hydroxyl groups excluding tert-OH is 6. The molecule has 0 saturated carbocycles. The molecule has 2 fully saturated rings. The Balaban J connectivity index is 1.66. The van der Waals surface area contributed by atoms with Gasteiger partial charge in [0.25, 0.3) is 0 Å². The fourth-order valence-corrected chi connectivity index (χ4v) is 4.67. The minimum Gasteiger partial charge on any atom is -0.394 e. The highest BCUT2D eigenvalue weighted by Gasteiger charge is 2.47. The molecule has 0 spiro atoms. The quantitative estimate of drug-likeness (QED) is 0.0734. The first-order valence-corrected chi connectivity index (χ1v) is 14.0. The standard InChI is InChI=1S/C26H47NO12/c28-12-9-7-5-3-1-2-4-6-8-10-20(31)27-11-13-36-25-22(33)18(14-17(15-29)37-25)38-26-24(35)23(34)21(32)19(16-30)39-26/h12,17-19,21-26,29-30,32-35H,1-11,13-16H2,(H,27,31)/t17?,18?,19?,21-,22?,23?,24?,25?,26+/m1/s1. The molecule has 2 rings (SSSR count). The van der Waals surface area contributed by atoms with Crippen LogP contribution in [-0.2, 0) is 28.5 Å². The third-order valence-corrected chi connectivity index (χ3v) is 7.02. The van der Waals surface area contributed by atoms with E-state index in [9.17, 15) is 40.2 Å². The second kappa shape index (κ2) is 19.0. The van der Waals surface area contributed by atoms with Crippen LogP contribution in [-0.4, -0.2) is 125 Å². The lowest BCUT2D eigenvalue weighted by Crippen LogP contribution is -2.61. The number of carbonyl (C=O) groups is 2. The number of nitrogens with one attached hydrogen (secondary N) is 1. The van der Waals surface area contributed by atoms with Crippen LogP contribution in [0.25, 0.3) is 0 Å². The molecule has 13 heteroatoms. The van der Waals surface area contributed by atoms with E-state index in [0.717, 1.165) is 57.7 Å².